The molecule has 7 heteroatoms. The van der Waals surface area contributed by atoms with Crippen molar-refractivity contribution < 1.29 is 14.0 Å². The first kappa shape index (κ1) is 24.5. The third-order valence-electron chi connectivity index (χ3n) is 8.99. The van der Waals surface area contributed by atoms with Gasteiger partial charge in [0.15, 0.2) is 0 Å². The molecule has 5 aliphatic rings. The second-order valence-corrected chi connectivity index (χ2v) is 13.1. The zero-order valence-corrected chi connectivity index (χ0v) is 21.8. The van der Waals surface area contributed by atoms with Crippen LogP contribution in [-0.2, 0) is 11.3 Å². The molecule has 4 bridgehead atoms. The molecule has 192 valence electrons. The Morgan fingerprint density at radius 3 is 2.46 bits per heavy atom. The van der Waals surface area contributed by atoms with Crippen molar-refractivity contribution >= 4 is 17.6 Å². The van der Waals surface area contributed by atoms with Crippen molar-refractivity contribution in [2.45, 2.75) is 77.3 Å². The number of benzene rings is 1. The smallest absolute Gasteiger partial charge is 0.319 e. The fourth-order valence-corrected chi connectivity index (χ4v) is 8.76. The number of urea groups is 1. The maximum absolute atomic E-state index is 15.0. The number of rotatable bonds is 5. The number of likely N-dealkylation sites (tertiary alicyclic amines) is 1. The van der Waals surface area contributed by atoms with Gasteiger partial charge < -0.3 is 15.5 Å². The van der Waals surface area contributed by atoms with Gasteiger partial charge in [-0.3, -0.25) is 9.69 Å². The first-order valence-electron chi connectivity index (χ1n) is 13.3. The molecule has 1 aromatic carbocycles. The van der Waals surface area contributed by atoms with E-state index >= 15 is 0 Å². The van der Waals surface area contributed by atoms with E-state index in [2.05, 4.69) is 29.4 Å². The van der Waals surface area contributed by atoms with Crippen LogP contribution in [0.25, 0.3) is 0 Å². The van der Waals surface area contributed by atoms with Gasteiger partial charge in [0.1, 0.15) is 5.82 Å². The minimum Gasteiger partial charge on any atom is -0.349 e. The third-order valence-corrected chi connectivity index (χ3v) is 8.99. The highest BCUT2D eigenvalue weighted by Crippen LogP contribution is 2.66. The molecule has 1 aliphatic heterocycles. The highest BCUT2D eigenvalue weighted by molar-refractivity contribution is 5.90. The number of hydrogen-bond donors (Lipinski definition) is 2. The van der Waals surface area contributed by atoms with Gasteiger partial charge in [-0.25, -0.2) is 9.18 Å². The van der Waals surface area contributed by atoms with Crippen molar-refractivity contribution in [3.05, 3.63) is 29.6 Å². The van der Waals surface area contributed by atoms with Crippen molar-refractivity contribution in [3.63, 3.8) is 0 Å². The Hall–Kier alpha value is -2.15. The monoisotopic (exact) mass is 484 g/mol. The zero-order chi connectivity index (χ0) is 25.0. The van der Waals surface area contributed by atoms with Crippen molar-refractivity contribution in [2.75, 3.05) is 32.5 Å². The molecule has 0 spiro atoms. The SMILES string of the molecule is CN(C)C(=O)[C@H]1CCCN(Cc2ccc(NC(=O)NC34CC5C[C@@](C)(C3)C[C@](C)(C5)C4)c(F)c2)C1. The number of halogens is 1. The van der Waals surface area contributed by atoms with Crippen LogP contribution in [0.5, 0.6) is 0 Å². The lowest BCUT2D eigenvalue weighted by Crippen LogP contribution is -2.65. The van der Waals surface area contributed by atoms with Gasteiger partial charge in [-0.05, 0) is 92.4 Å². The summed E-state index contributed by atoms with van der Waals surface area (Å²) in [6.45, 7) is 6.96. The lowest BCUT2D eigenvalue weighted by atomic mass is 9.43. The number of nitrogens with one attached hydrogen (secondary N) is 2. The summed E-state index contributed by atoms with van der Waals surface area (Å²) >= 11 is 0. The Labute approximate surface area is 209 Å². The first-order chi connectivity index (χ1) is 16.5. The fourth-order valence-electron chi connectivity index (χ4n) is 8.76. The number of amides is 3. The lowest BCUT2D eigenvalue weighted by molar-refractivity contribution is -0.134. The summed E-state index contributed by atoms with van der Waals surface area (Å²) in [4.78, 5) is 29.2. The second-order valence-electron chi connectivity index (χ2n) is 13.1. The van der Waals surface area contributed by atoms with Gasteiger partial charge in [0, 0.05) is 32.7 Å². The lowest BCUT2D eigenvalue weighted by Gasteiger charge is -2.65. The van der Waals surface area contributed by atoms with Gasteiger partial charge >= 0.3 is 6.03 Å². The average molecular weight is 485 g/mol. The molecule has 2 unspecified atom stereocenters. The number of nitrogens with zero attached hydrogens (tertiary/aromatic N) is 2. The largest absolute Gasteiger partial charge is 0.349 e. The van der Waals surface area contributed by atoms with Gasteiger partial charge in [-0.15, -0.1) is 0 Å². The molecule has 1 saturated heterocycles. The van der Waals surface area contributed by atoms with E-state index in [9.17, 15) is 14.0 Å². The van der Waals surface area contributed by atoms with Crippen molar-refractivity contribution in [2.24, 2.45) is 22.7 Å². The zero-order valence-electron chi connectivity index (χ0n) is 21.8. The van der Waals surface area contributed by atoms with E-state index in [0.717, 1.165) is 44.2 Å². The van der Waals surface area contributed by atoms with Crippen LogP contribution in [0.2, 0.25) is 0 Å². The first-order valence-corrected chi connectivity index (χ1v) is 13.3. The maximum atomic E-state index is 15.0. The molecule has 3 amide bonds. The summed E-state index contributed by atoms with van der Waals surface area (Å²) in [5, 5.41) is 6.08. The Morgan fingerprint density at radius 2 is 1.83 bits per heavy atom. The van der Waals surface area contributed by atoms with Crippen LogP contribution in [-0.4, -0.2) is 54.5 Å². The van der Waals surface area contributed by atoms with Crippen LogP contribution in [0, 0.1) is 28.5 Å². The Balaban J connectivity index is 1.20. The van der Waals surface area contributed by atoms with E-state index in [1.807, 2.05) is 6.07 Å². The van der Waals surface area contributed by atoms with Crippen LogP contribution >= 0.6 is 0 Å². The quantitative estimate of drug-likeness (QED) is 0.618. The van der Waals surface area contributed by atoms with Crippen LogP contribution in [0.1, 0.15) is 70.8 Å². The van der Waals surface area contributed by atoms with Crippen molar-refractivity contribution in [1.82, 2.24) is 15.1 Å². The second kappa shape index (κ2) is 8.75. The average Bonchev–Trinajstić information content (AvgIpc) is 2.72. The highest BCUT2D eigenvalue weighted by atomic mass is 19.1. The number of carbonyl (C=O) groups is 2. The molecule has 6 nitrogen and oxygen atoms in total. The predicted octanol–water partition coefficient (Wildman–Crippen LogP) is 5.00. The Morgan fingerprint density at radius 1 is 1.11 bits per heavy atom. The summed E-state index contributed by atoms with van der Waals surface area (Å²) < 4.78 is 15.0. The van der Waals surface area contributed by atoms with E-state index in [0.29, 0.717) is 29.8 Å². The molecule has 1 aromatic rings. The Kier molecular flexibility index (Phi) is 6.14. The number of piperidine rings is 1. The van der Waals surface area contributed by atoms with Crippen LogP contribution in [0.15, 0.2) is 18.2 Å². The highest BCUT2D eigenvalue weighted by Gasteiger charge is 2.60. The molecule has 4 saturated carbocycles. The van der Waals surface area contributed by atoms with Crippen LogP contribution in [0.3, 0.4) is 0 Å². The standard InChI is InChI=1S/C28H41FN4O2/c1-26-11-20-12-27(2,16-26)18-28(13-20,17-26)31-25(35)30-23-8-7-19(10-22(23)29)14-33-9-5-6-21(15-33)24(34)32(3)4/h7-8,10,20-21H,5-6,9,11-18H2,1-4H3,(H2,30,31,35)/t20?,21-,26-,27+,28?/m0/s1. The number of carbonyl (C=O) groups excluding carboxylic acids is 2. The van der Waals surface area contributed by atoms with Crippen molar-refractivity contribution in [3.8, 4) is 0 Å². The molecule has 6 rings (SSSR count). The molecule has 0 radical (unpaired) electrons. The fraction of sp³-hybridized carbons (Fsp3) is 0.714. The van der Waals surface area contributed by atoms with Gasteiger partial charge in [-0.2, -0.15) is 0 Å². The summed E-state index contributed by atoms with van der Waals surface area (Å²) in [6.07, 6.45) is 8.74. The van der Waals surface area contributed by atoms with Crippen LogP contribution in [0.4, 0.5) is 14.9 Å². The molecule has 1 heterocycles. The summed E-state index contributed by atoms with van der Waals surface area (Å²) in [5.41, 5.74) is 1.51. The van der Waals surface area contributed by atoms with E-state index in [1.54, 1.807) is 25.1 Å². The molecule has 4 aliphatic carbocycles. The normalized spacial score (nSPS) is 36.1. The molecule has 35 heavy (non-hydrogen) atoms. The van der Waals surface area contributed by atoms with Crippen molar-refractivity contribution in [1.29, 1.82) is 0 Å². The summed E-state index contributed by atoms with van der Waals surface area (Å²) in [6, 6.07) is 4.76. The minimum absolute atomic E-state index is 0.00216. The van der Waals surface area contributed by atoms with E-state index in [4.69, 9.17) is 0 Å². The number of hydrogen-bond acceptors (Lipinski definition) is 3. The third kappa shape index (κ3) is 5.07. The molecule has 0 aromatic heterocycles. The molecule has 5 fully saturated rings. The molecular formula is C28H41FN4O2. The van der Waals surface area contributed by atoms with E-state index < -0.39 is 5.82 Å². The van der Waals surface area contributed by atoms with Gasteiger partial charge in [0.25, 0.3) is 0 Å². The Bertz CT molecular complexity index is 993. The van der Waals surface area contributed by atoms with Gasteiger partial charge in [0.05, 0.1) is 11.6 Å². The summed E-state index contributed by atoms with van der Waals surface area (Å²) in [5.74, 6) is 0.427. The molecular weight excluding hydrogens is 443 g/mol. The summed E-state index contributed by atoms with van der Waals surface area (Å²) in [7, 11) is 3.59. The van der Waals surface area contributed by atoms with Crippen LogP contribution < -0.4 is 10.6 Å². The molecule has 2 N–H and O–H groups in total. The van der Waals surface area contributed by atoms with Gasteiger partial charge in [-0.1, -0.05) is 19.9 Å². The minimum atomic E-state index is -0.417. The van der Waals surface area contributed by atoms with E-state index in [-0.39, 0.29) is 29.1 Å². The number of anilines is 1. The predicted molar refractivity (Wildman–Crippen MR) is 135 cm³/mol. The molecule has 5 atom stereocenters. The maximum Gasteiger partial charge on any atom is 0.319 e. The van der Waals surface area contributed by atoms with E-state index in [1.165, 1.54) is 25.3 Å². The topological polar surface area (TPSA) is 64.7 Å². The van der Waals surface area contributed by atoms with Gasteiger partial charge in [0.2, 0.25) is 5.91 Å².